The van der Waals surface area contributed by atoms with Crippen molar-refractivity contribution in [2.45, 2.75) is 18.5 Å². The number of fused-ring (bicyclic) bond motifs is 2. The van der Waals surface area contributed by atoms with Crippen LogP contribution in [0.4, 0.5) is 5.69 Å². The van der Waals surface area contributed by atoms with Crippen LogP contribution in [0, 0.1) is 0 Å². The molecular formula is C15H17N3O3S. The van der Waals surface area contributed by atoms with Crippen molar-refractivity contribution >= 4 is 35.2 Å². The van der Waals surface area contributed by atoms with Gasteiger partial charge in [-0.3, -0.25) is 14.4 Å². The van der Waals surface area contributed by atoms with Crippen LogP contribution in [0.3, 0.4) is 0 Å². The van der Waals surface area contributed by atoms with Gasteiger partial charge in [-0.15, -0.1) is 0 Å². The van der Waals surface area contributed by atoms with Crippen molar-refractivity contribution < 1.29 is 14.4 Å². The number of hydrogen-bond donors (Lipinski definition) is 2. The van der Waals surface area contributed by atoms with E-state index in [4.69, 9.17) is 0 Å². The van der Waals surface area contributed by atoms with Crippen LogP contribution in [0.2, 0.25) is 0 Å². The van der Waals surface area contributed by atoms with Gasteiger partial charge in [0.15, 0.2) is 0 Å². The first kappa shape index (κ1) is 14.9. The Morgan fingerprint density at radius 3 is 2.95 bits per heavy atom. The number of benzene rings is 1. The first-order chi connectivity index (χ1) is 10.6. The highest BCUT2D eigenvalue weighted by atomic mass is 32.2. The Morgan fingerprint density at radius 1 is 1.41 bits per heavy atom. The van der Waals surface area contributed by atoms with E-state index in [2.05, 4.69) is 10.6 Å². The summed E-state index contributed by atoms with van der Waals surface area (Å²) < 4.78 is 0. The number of anilines is 1. The van der Waals surface area contributed by atoms with Gasteiger partial charge < -0.3 is 15.5 Å². The van der Waals surface area contributed by atoms with Crippen LogP contribution >= 0.6 is 11.8 Å². The van der Waals surface area contributed by atoms with Crippen molar-refractivity contribution in [3.8, 4) is 0 Å². The van der Waals surface area contributed by atoms with Crippen molar-refractivity contribution in [3.05, 3.63) is 29.8 Å². The van der Waals surface area contributed by atoms with E-state index in [0.29, 0.717) is 30.0 Å². The third kappa shape index (κ3) is 2.56. The van der Waals surface area contributed by atoms with Gasteiger partial charge in [0.1, 0.15) is 6.04 Å². The molecule has 0 saturated carbocycles. The van der Waals surface area contributed by atoms with Crippen LogP contribution in [-0.2, 0) is 9.59 Å². The van der Waals surface area contributed by atoms with Gasteiger partial charge in [0, 0.05) is 6.54 Å². The predicted molar refractivity (Wildman–Crippen MR) is 84.8 cm³/mol. The summed E-state index contributed by atoms with van der Waals surface area (Å²) in [4.78, 5) is 38.5. The Bertz CT molecular complexity index is 634. The van der Waals surface area contributed by atoms with Crippen LogP contribution in [0.25, 0.3) is 0 Å². The van der Waals surface area contributed by atoms with Crippen molar-refractivity contribution in [1.29, 1.82) is 0 Å². The van der Waals surface area contributed by atoms with E-state index in [-0.39, 0.29) is 23.8 Å². The monoisotopic (exact) mass is 319 g/mol. The molecule has 3 amide bonds. The van der Waals surface area contributed by atoms with Gasteiger partial charge in [0.25, 0.3) is 5.91 Å². The average molecular weight is 319 g/mol. The molecule has 0 spiro atoms. The number of thioether (sulfide) groups is 1. The highest BCUT2D eigenvalue weighted by Crippen LogP contribution is 2.28. The molecule has 22 heavy (non-hydrogen) atoms. The second kappa shape index (κ2) is 6.00. The van der Waals surface area contributed by atoms with Gasteiger partial charge >= 0.3 is 0 Å². The molecule has 2 heterocycles. The molecule has 0 radical (unpaired) electrons. The molecule has 0 aromatic heterocycles. The molecule has 3 rings (SSSR count). The van der Waals surface area contributed by atoms with Crippen LogP contribution < -0.4 is 10.6 Å². The van der Waals surface area contributed by atoms with Gasteiger partial charge in [-0.1, -0.05) is 12.1 Å². The Morgan fingerprint density at radius 2 is 2.18 bits per heavy atom. The van der Waals surface area contributed by atoms with E-state index < -0.39 is 6.04 Å². The lowest BCUT2D eigenvalue weighted by atomic mass is 10.1. The Hall–Kier alpha value is -2.02. The fourth-order valence-electron chi connectivity index (χ4n) is 3.02. The predicted octanol–water partition coefficient (Wildman–Crippen LogP) is 0.701. The molecule has 2 aliphatic heterocycles. The number of para-hydroxylation sites is 1. The third-order valence-corrected chi connectivity index (χ3v) is 4.52. The molecule has 2 aliphatic rings. The third-order valence-electron chi connectivity index (χ3n) is 3.96. The Kier molecular flexibility index (Phi) is 4.06. The molecule has 116 valence electrons. The molecule has 0 aliphatic carbocycles. The second-order valence-electron chi connectivity index (χ2n) is 5.37. The summed E-state index contributed by atoms with van der Waals surface area (Å²) in [6.07, 6.45) is 2.44. The minimum Gasteiger partial charge on any atom is -0.350 e. The number of nitrogens with one attached hydrogen (secondary N) is 2. The molecule has 1 saturated heterocycles. The maximum atomic E-state index is 12.6. The lowest BCUT2D eigenvalue weighted by Crippen LogP contribution is -2.51. The molecule has 2 N–H and O–H groups in total. The van der Waals surface area contributed by atoms with E-state index in [0.717, 1.165) is 0 Å². The quantitative estimate of drug-likeness (QED) is 0.860. The molecule has 1 aromatic carbocycles. The molecule has 6 nitrogen and oxygen atoms in total. The summed E-state index contributed by atoms with van der Waals surface area (Å²) in [6.45, 7) is 0.468. The topological polar surface area (TPSA) is 78.5 Å². The second-order valence-corrected chi connectivity index (χ2v) is 6.24. The summed E-state index contributed by atoms with van der Waals surface area (Å²) in [6, 6.07) is 6.00. The number of amides is 3. The number of rotatable bonds is 3. The van der Waals surface area contributed by atoms with Gasteiger partial charge in [-0.2, -0.15) is 11.8 Å². The zero-order valence-corrected chi connectivity index (χ0v) is 13.0. The lowest BCUT2D eigenvalue weighted by molar-refractivity contribution is -0.122. The summed E-state index contributed by atoms with van der Waals surface area (Å²) in [5.41, 5.74) is 1.02. The lowest BCUT2D eigenvalue weighted by Gasteiger charge is -2.24. The number of nitrogens with zero attached hydrogens (tertiary/aromatic N) is 1. The minimum absolute atomic E-state index is 0.110. The fourth-order valence-corrected chi connectivity index (χ4v) is 3.36. The summed E-state index contributed by atoms with van der Waals surface area (Å²) >= 11 is 1.42. The average Bonchev–Trinajstić information content (AvgIpc) is 2.86. The van der Waals surface area contributed by atoms with Crippen molar-refractivity contribution in [3.63, 3.8) is 0 Å². The fraction of sp³-hybridized carbons (Fsp3) is 0.400. The Balaban J connectivity index is 1.86. The van der Waals surface area contributed by atoms with Gasteiger partial charge in [0.2, 0.25) is 11.8 Å². The molecule has 1 fully saturated rings. The Labute approximate surface area is 132 Å². The first-order valence-electron chi connectivity index (χ1n) is 7.11. The van der Waals surface area contributed by atoms with E-state index in [1.165, 1.54) is 11.8 Å². The van der Waals surface area contributed by atoms with Gasteiger partial charge in [0.05, 0.1) is 23.0 Å². The van der Waals surface area contributed by atoms with Gasteiger partial charge in [-0.05, 0) is 24.8 Å². The van der Waals surface area contributed by atoms with E-state index >= 15 is 0 Å². The van der Waals surface area contributed by atoms with Gasteiger partial charge in [-0.25, -0.2) is 0 Å². The SMILES string of the molecule is CSCC(=O)N[C@H]1CCN2C(=O)c3ccccc3NC(=O)[C@H]12. The zero-order chi connectivity index (χ0) is 15.7. The highest BCUT2D eigenvalue weighted by molar-refractivity contribution is 7.99. The molecule has 0 bridgehead atoms. The van der Waals surface area contributed by atoms with Crippen molar-refractivity contribution in [1.82, 2.24) is 10.2 Å². The van der Waals surface area contributed by atoms with Crippen LogP contribution in [0.15, 0.2) is 24.3 Å². The number of hydrogen-bond acceptors (Lipinski definition) is 4. The zero-order valence-electron chi connectivity index (χ0n) is 12.2. The summed E-state index contributed by atoms with van der Waals surface area (Å²) in [5, 5.41) is 5.67. The molecular weight excluding hydrogens is 302 g/mol. The molecule has 0 unspecified atom stereocenters. The first-order valence-corrected chi connectivity index (χ1v) is 8.50. The number of carbonyl (C=O) groups is 3. The summed E-state index contributed by atoms with van der Waals surface area (Å²) in [7, 11) is 0. The standard InChI is InChI=1S/C15H17N3O3S/c1-22-8-12(19)16-11-6-7-18-13(11)14(20)17-10-5-3-2-4-9(10)15(18)21/h2-5,11,13H,6-8H2,1H3,(H,16,19)(H,17,20)/t11-,13-/m0/s1. The van der Waals surface area contributed by atoms with E-state index in [1.807, 2.05) is 6.26 Å². The highest BCUT2D eigenvalue weighted by Gasteiger charge is 2.45. The summed E-state index contributed by atoms with van der Waals surface area (Å²) in [5.74, 6) is -0.175. The van der Waals surface area contributed by atoms with Crippen LogP contribution in [0.5, 0.6) is 0 Å². The van der Waals surface area contributed by atoms with Crippen LogP contribution in [0.1, 0.15) is 16.8 Å². The molecule has 1 aromatic rings. The van der Waals surface area contributed by atoms with Crippen molar-refractivity contribution in [2.24, 2.45) is 0 Å². The smallest absolute Gasteiger partial charge is 0.256 e. The maximum Gasteiger partial charge on any atom is 0.256 e. The van der Waals surface area contributed by atoms with Crippen LogP contribution in [-0.4, -0.2) is 53.3 Å². The van der Waals surface area contributed by atoms with E-state index in [1.54, 1.807) is 29.2 Å². The largest absolute Gasteiger partial charge is 0.350 e. The molecule has 7 heteroatoms. The molecule has 2 atom stereocenters. The van der Waals surface area contributed by atoms with E-state index in [9.17, 15) is 14.4 Å². The number of carbonyl (C=O) groups excluding carboxylic acids is 3. The van der Waals surface area contributed by atoms with Crippen molar-refractivity contribution in [2.75, 3.05) is 23.9 Å². The minimum atomic E-state index is -0.647. The normalized spacial score (nSPS) is 23.4. The maximum absolute atomic E-state index is 12.6.